The van der Waals surface area contributed by atoms with E-state index < -0.39 is 5.97 Å². The second kappa shape index (κ2) is 4.60. The number of benzene rings is 1. The second-order valence-electron chi connectivity index (χ2n) is 3.41. The molecule has 1 aromatic carbocycles. The molecule has 0 unspecified atom stereocenters. The molecular formula is C12H9BrN2O2. The standard InChI is InChI=1S/C12H9BrN2O2/c1-2-17-12(16)11-10(13)8-5-7(6-14)3-4-9(8)15-11/h3-5,15H,2H2,1H3. The van der Waals surface area contributed by atoms with Crippen LogP contribution in [0.2, 0.25) is 0 Å². The first-order valence-corrected chi connectivity index (χ1v) is 5.85. The number of aromatic nitrogens is 1. The molecule has 1 aromatic heterocycles. The summed E-state index contributed by atoms with van der Waals surface area (Å²) in [6, 6.07) is 7.24. The maximum Gasteiger partial charge on any atom is 0.355 e. The molecule has 0 aliphatic carbocycles. The van der Waals surface area contributed by atoms with Crippen molar-refractivity contribution in [2.24, 2.45) is 0 Å². The monoisotopic (exact) mass is 292 g/mol. The molecule has 1 N–H and O–H groups in total. The summed E-state index contributed by atoms with van der Waals surface area (Å²) < 4.78 is 5.56. The topological polar surface area (TPSA) is 65.9 Å². The van der Waals surface area contributed by atoms with Gasteiger partial charge >= 0.3 is 5.97 Å². The minimum atomic E-state index is -0.408. The van der Waals surface area contributed by atoms with E-state index >= 15 is 0 Å². The number of fused-ring (bicyclic) bond motifs is 1. The van der Waals surface area contributed by atoms with E-state index in [4.69, 9.17) is 10.00 Å². The van der Waals surface area contributed by atoms with Crippen LogP contribution in [0, 0.1) is 11.3 Å². The highest BCUT2D eigenvalue weighted by Gasteiger charge is 2.17. The van der Waals surface area contributed by atoms with Crippen molar-refractivity contribution in [3.05, 3.63) is 33.9 Å². The Balaban J connectivity index is 2.57. The van der Waals surface area contributed by atoms with Crippen molar-refractivity contribution in [1.29, 1.82) is 5.26 Å². The lowest BCUT2D eigenvalue weighted by Gasteiger charge is -1.98. The van der Waals surface area contributed by atoms with Gasteiger partial charge in [0.25, 0.3) is 0 Å². The number of H-pyrrole nitrogens is 1. The number of nitrogens with one attached hydrogen (secondary N) is 1. The summed E-state index contributed by atoms with van der Waals surface area (Å²) in [5.41, 5.74) is 1.71. The van der Waals surface area contributed by atoms with E-state index in [1.165, 1.54) is 0 Å². The fourth-order valence-corrected chi connectivity index (χ4v) is 2.16. The van der Waals surface area contributed by atoms with E-state index in [0.29, 0.717) is 22.3 Å². The lowest BCUT2D eigenvalue weighted by atomic mass is 10.2. The van der Waals surface area contributed by atoms with Crippen LogP contribution in [0.25, 0.3) is 10.9 Å². The van der Waals surface area contributed by atoms with Crippen LogP contribution >= 0.6 is 15.9 Å². The normalized spacial score (nSPS) is 10.2. The molecule has 1 heterocycles. The van der Waals surface area contributed by atoms with E-state index in [-0.39, 0.29) is 0 Å². The predicted octanol–water partition coefficient (Wildman–Crippen LogP) is 2.98. The Kier molecular flexibility index (Phi) is 3.16. The summed E-state index contributed by atoms with van der Waals surface area (Å²) in [4.78, 5) is 14.6. The predicted molar refractivity (Wildman–Crippen MR) is 66.7 cm³/mol. The molecule has 17 heavy (non-hydrogen) atoms. The highest BCUT2D eigenvalue weighted by Crippen LogP contribution is 2.29. The molecule has 0 aliphatic heterocycles. The summed E-state index contributed by atoms with van der Waals surface area (Å²) in [5, 5.41) is 9.62. The fourth-order valence-electron chi connectivity index (χ4n) is 1.57. The number of esters is 1. The van der Waals surface area contributed by atoms with Gasteiger partial charge in [0.1, 0.15) is 5.69 Å². The third-order valence-electron chi connectivity index (χ3n) is 2.34. The number of carbonyl (C=O) groups excluding carboxylic acids is 1. The van der Waals surface area contributed by atoms with Crippen molar-refractivity contribution in [3.8, 4) is 6.07 Å². The molecule has 0 radical (unpaired) electrons. The molecule has 4 nitrogen and oxygen atoms in total. The smallest absolute Gasteiger partial charge is 0.355 e. The highest BCUT2D eigenvalue weighted by atomic mass is 79.9. The van der Waals surface area contributed by atoms with Gasteiger partial charge in [-0.2, -0.15) is 5.26 Å². The van der Waals surface area contributed by atoms with Crippen LogP contribution in [-0.4, -0.2) is 17.6 Å². The Labute approximate surface area is 106 Å². The first-order chi connectivity index (χ1) is 8.17. The summed E-state index contributed by atoms with van der Waals surface area (Å²) in [5.74, 6) is -0.408. The number of nitrogens with zero attached hydrogens (tertiary/aromatic N) is 1. The third-order valence-corrected chi connectivity index (χ3v) is 3.17. The van der Waals surface area contributed by atoms with E-state index in [1.807, 2.05) is 0 Å². The van der Waals surface area contributed by atoms with Crippen LogP contribution in [-0.2, 0) is 4.74 Å². The van der Waals surface area contributed by atoms with Gasteiger partial charge in [-0.25, -0.2) is 4.79 Å². The molecule has 0 aliphatic rings. The Morgan fingerprint density at radius 3 is 3.00 bits per heavy atom. The average Bonchev–Trinajstić information content (AvgIpc) is 2.67. The van der Waals surface area contributed by atoms with Gasteiger partial charge in [-0.3, -0.25) is 0 Å². The van der Waals surface area contributed by atoms with Crippen LogP contribution in [0.4, 0.5) is 0 Å². The maximum atomic E-state index is 11.6. The van der Waals surface area contributed by atoms with Gasteiger partial charge in [0.2, 0.25) is 0 Å². The van der Waals surface area contributed by atoms with Crippen molar-refractivity contribution < 1.29 is 9.53 Å². The molecule has 0 amide bonds. The average molecular weight is 293 g/mol. The SMILES string of the molecule is CCOC(=O)c1[nH]c2ccc(C#N)cc2c1Br. The summed E-state index contributed by atoms with van der Waals surface area (Å²) >= 11 is 3.34. The first-order valence-electron chi connectivity index (χ1n) is 5.05. The van der Waals surface area contributed by atoms with E-state index in [0.717, 1.165) is 10.9 Å². The summed E-state index contributed by atoms with van der Waals surface area (Å²) in [6.07, 6.45) is 0. The van der Waals surface area contributed by atoms with Crippen LogP contribution < -0.4 is 0 Å². The Morgan fingerprint density at radius 1 is 1.59 bits per heavy atom. The fraction of sp³-hybridized carbons (Fsp3) is 0.167. The van der Waals surface area contributed by atoms with Gasteiger partial charge in [0.15, 0.2) is 0 Å². The zero-order chi connectivity index (χ0) is 12.4. The molecule has 0 atom stereocenters. The minimum absolute atomic E-state index is 0.323. The number of carbonyl (C=O) groups is 1. The summed E-state index contributed by atoms with van der Waals surface area (Å²) in [7, 11) is 0. The second-order valence-corrected chi connectivity index (χ2v) is 4.20. The molecule has 0 spiro atoms. The molecule has 86 valence electrons. The molecule has 0 saturated carbocycles. The van der Waals surface area contributed by atoms with Crippen molar-refractivity contribution in [1.82, 2.24) is 4.98 Å². The molecule has 5 heteroatoms. The number of halogens is 1. The number of hydrogen-bond acceptors (Lipinski definition) is 3. The van der Waals surface area contributed by atoms with Gasteiger partial charge in [-0.1, -0.05) is 0 Å². The minimum Gasteiger partial charge on any atom is -0.461 e. The molecular weight excluding hydrogens is 284 g/mol. The number of nitriles is 1. The lowest BCUT2D eigenvalue weighted by Crippen LogP contribution is -2.05. The van der Waals surface area contributed by atoms with E-state index in [2.05, 4.69) is 27.0 Å². The Hall–Kier alpha value is -1.80. The molecule has 2 rings (SSSR count). The Morgan fingerprint density at radius 2 is 2.35 bits per heavy atom. The molecule has 0 saturated heterocycles. The van der Waals surface area contributed by atoms with Crippen LogP contribution in [0.15, 0.2) is 22.7 Å². The highest BCUT2D eigenvalue weighted by molar-refractivity contribution is 9.10. The zero-order valence-electron chi connectivity index (χ0n) is 9.08. The Bertz CT molecular complexity index is 625. The number of aromatic amines is 1. The van der Waals surface area contributed by atoms with Crippen molar-refractivity contribution in [3.63, 3.8) is 0 Å². The maximum absolute atomic E-state index is 11.6. The van der Waals surface area contributed by atoms with Gasteiger partial charge in [-0.15, -0.1) is 0 Å². The van der Waals surface area contributed by atoms with Crippen LogP contribution in [0.1, 0.15) is 23.0 Å². The molecule has 2 aromatic rings. The zero-order valence-corrected chi connectivity index (χ0v) is 10.7. The van der Waals surface area contributed by atoms with Gasteiger partial charge in [-0.05, 0) is 41.1 Å². The first kappa shape index (κ1) is 11.7. The van der Waals surface area contributed by atoms with Crippen molar-refractivity contribution in [2.75, 3.05) is 6.61 Å². The number of hydrogen-bond donors (Lipinski definition) is 1. The van der Waals surface area contributed by atoms with Crippen molar-refractivity contribution in [2.45, 2.75) is 6.92 Å². The van der Waals surface area contributed by atoms with Crippen molar-refractivity contribution >= 4 is 32.8 Å². The lowest BCUT2D eigenvalue weighted by molar-refractivity contribution is 0.0519. The van der Waals surface area contributed by atoms with Gasteiger partial charge < -0.3 is 9.72 Å². The van der Waals surface area contributed by atoms with E-state index in [9.17, 15) is 4.79 Å². The van der Waals surface area contributed by atoms with Gasteiger partial charge in [0.05, 0.1) is 22.7 Å². The summed E-state index contributed by atoms with van der Waals surface area (Å²) in [6.45, 7) is 2.08. The molecule has 0 bridgehead atoms. The largest absolute Gasteiger partial charge is 0.461 e. The van der Waals surface area contributed by atoms with Crippen LogP contribution in [0.5, 0.6) is 0 Å². The third kappa shape index (κ3) is 2.04. The quantitative estimate of drug-likeness (QED) is 0.866. The molecule has 0 fully saturated rings. The van der Waals surface area contributed by atoms with Gasteiger partial charge in [0, 0.05) is 10.9 Å². The van der Waals surface area contributed by atoms with E-state index in [1.54, 1.807) is 25.1 Å². The number of ether oxygens (including phenoxy) is 1. The van der Waals surface area contributed by atoms with Crippen LogP contribution in [0.3, 0.4) is 0 Å². The number of rotatable bonds is 2.